The molecular formula is C24H26N4O2. The van der Waals surface area contributed by atoms with E-state index in [-0.39, 0.29) is 17.4 Å². The number of aromatic nitrogens is 2. The second kappa shape index (κ2) is 8.95. The number of amides is 1. The van der Waals surface area contributed by atoms with Crippen molar-refractivity contribution in [3.05, 3.63) is 88.3 Å². The van der Waals surface area contributed by atoms with Crippen LogP contribution in [0.4, 0.5) is 11.4 Å². The molecule has 0 aliphatic carbocycles. The van der Waals surface area contributed by atoms with E-state index in [1.165, 1.54) is 4.68 Å². The molecule has 1 amide bonds. The van der Waals surface area contributed by atoms with Crippen LogP contribution in [0.1, 0.15) is 24.0 Å². The quantitative estimate of drug-likeness (QED) is 0.710. The van der Waals surface area contributed by atoms with Gasteiger partial charge < -0.3 is 10.2 Å². The van der Waals surface area contributed by atoms with Crippen molar-refractivity contribution < 1.29 is 4.79 Å². The van der Waals surface area contributed by atoms with Gasteiger partial charge in [0.15, 0.2) is 0 Å². The van der Waals surface area contributed by atoms with Crippen molar-refractivity contribution in [2.24, 2.45) is 5.92 Å². The number of nitrogens with zero attached hydrogens (tertiary/aromatic N) is 3. The fourth-order valence-corrected chi connectivity index (χ4v) is 3.85. The van der Waals surface area contributed by atoms with E-state index in [9.17, 15) is 9.59 Å². The van der Waals surface area contributed by atoms with Gasteiger partial charge in [-0.25, -0.2) is 4.68 Å². The maximum absolute atomic E-state index is 12.8. The summed E-state index contributed by atoms with van der Waals surface area (Å²) < 4.78 is 1.46. The molecule has 1 fully saturated rings. The molecule has 6 heteroatoms. The Morgan fingerprint density at radius 2 is 1.90 bits per heavy atom. The largest absolute Gasteiger partial charge is 0.369 e. The van der Waals surface area contributed by atoms with Gasteiger partial charge in [0, 0.05) is 24.8 Å². The molecule has 154 valence electrons. The smallest absolute Gasteiger partial charge is 0.269 e. The number of carbonyl (C=O) groups excluding carboxylic acids is 1. The standard InChI is InChI=1S/C24H26N4O2/c1-18-8-5-6-12-22(18)26-24(30)20-11-7-13-27(17-20)21-14-23(29)28(25-15-21)16-19-9-3-2-4-10-19/h2-6,8-10,12,14-15,20H,7,11,13,16-17H2,1H3,(H,26,30)/t20-/m1/s1. The molecule has 2 aromatic carbocycles. The van der Waals surface area contributed by atoms with Gasteiger partial charge in [0.1, 0.15) is 0 Å². The third-order valence-corrected chi connectivity index (χ3v) is 5.59. The van der Waals surface area contributed by atoms with Crippen LogP contribution in [0.15, 0.2) is 71.7 Å². The van der Waals surface area contributed by atoms with E-state index < -0.39 is 0 Å². The van der Waals surface area contributed by atoms with Crippen LogP contribution in [0, 0.1) is 12.8 Å². The van der Waals surface area contributed by atoms with Crippen molar-refractivity contribution >= 4 is 17.3 Å². The summed E-state index contributed by atoms with van der Waals surface area (Å²) >= 11 is 0. The van der Waals surface area contributed by atoms with Crippen molar-refractivity contribution in [3.63, 3.8) is 0 Å². The van der Waals surface area contributed by atoms with Crippen molar-refractivity contribution in [2.75, 3.05) is 23.3 Å². The minimum Gasteiger partial charge on any atom is -0.369 e. The number of para-hydroxylation sites is 1. The maximum Gasteiger partial charge on any atom is 0.269 e. The van der Waals surface area contributed by atoms with Crippen molar-refractivity contribution in [2.45, 2.75) is 26.3 Å². The average molecular weight is 402 g/mol. The molecule has 0 unspecified atom stereocenters. The molecule has 1 saturated heterocycles. The van der Waals surface area contributed by atoms with Crippen LogP contribution in [-0.4, -0.2) is 28.8 Å². The van der Waals surface area contributed by atoms with E-state index in [1.54, 1.807) is 12.3 Å². The number of anilines is 2. The predicted octanol–water partition coefficient (Wildman–Crippen LogP) is 3.46. The van der Waals surface area contributed by atoms with E-state index in [2.05, 4.69) is 15.3 Å². The van der Waals surface area contributed by atoms with Crippen LogP contribution >= 0.6 is 0 Å². The van der Waals surface area contributed by atoms with E-state index >= 15 is 0 Å². The van der Waals surface area contributed by atoms with Crippen LogP contribution in [0.25, 0.3) is 0 Å². The number of hydrogen-bond donors (Lipinski definition) is 1. The molecule has 3 aromatic rings. The highest BCUT2D eigenvalue weighted by atomic mass is 16.2. The van der Waals surface area contributed by atoms with Gasteiger partial charge in [-0.1, -0.05) is 48.5 Å². The molecule has 0 saturated carbocycles. The first-order chi connectivity index (χ1) is 14.6. The number of piperidine rings is 1. The van der Waals surface area contributed by atoms with E-state index in [1.807, 2.05) is 61.5 Å². The minimum atomic E-state index is -0.136. The molecule has 1 N–H and O–H groups in total. The average Bonchev–Trinajstić information content (AvgIpc) is 2.77. The zero-order chi connectivity index (χ0) is 20.9. The molecule has 0 radical (unpaired) electrons. The Hall–Kier alpha value is -3.41. The Morgan fingerprint density at radius 1 is 1.13 bits per heavy atom. The Morgan fingerprint density at radius 3 is 2.67 bits per heavy atom. The summed E-state index contributed by atoms with van der Waals surface area (Å²) in [6.07, 6.45) is 3.47. The molecule has 1 atom stereocenters. The molecule has 6 nitrogen and oxygen atoms in total. The Labute approximate surface area is 176 Å². The first-order valence-electron chi connectivity index (χ1n) is 10.3. The van der Waals surface area contributed by atoms with Gasteiger partial charge in [-0.2, -0.15) is 5.10 Å². The summed E-state index contributed by atoms with van der Waals surface area (Å²) in [5, 5.41) is 7.41. The van der Waals surface area contributed by atoms with Gasteiger partial charge >= 0.3 is 0 Å². The van der Waals surface area contributed by atoms with Gasteiger partial charge in [0.05, 0.1) is 24.3 Å². The zero-order valence-electron chi connectivity index (χ0n) is 17.1. The highest BCUT2D eigenvalue weighted by Crippen LogP contribution is 2.23. The third kappa shape index (κ3) is 4.59. The molecule has 0 spiro atoms. The fourth-order valence-electron chi connectivity index (χ4n) is 3.85. The van der Waals surface area contributed by atoms with E-state index in [0.29, 0.717) is 13.1 Å². The van der Waals surface area contributed by atoms with E-state index in [4.69, 9.17) is 0 Å². The lowest BCUT2D eigenvalue weighted by molar-refractivity contribution is -0.120. The summed E-state index contributed by atoms with van der Waals surface area (Å²) in [5.74, 6) is -0.0931. The first kappa shape index (κ1) is 19.9. The third-order valence-electron chi connectivity index (χ3n) is 5.59. The van der Waals surface area contributed by atoms with Crippen molar-refractivity contribution in [1.29, 1.82) is 0 Å². The Balaban J connectivity index is 1.44. The molecule has 1 aliphatic heterocycles. The minimum absolute atomic E-state index is 0.0272. The number of hydrogen-bond acceptors (Lipinski definition) is 4. The summed E-state index contributed by atoms with van der Waals surface area (Å²) in [6.45, 7) is 3.83. The number of rotatable bonds is 5. The second-order valence-corrected chi connectivity index (χ2v) is 7.78. The lowest BCUT2D eigenvalue weighted by Crippen LogP contribution is -2.41. The number of carbonyl (C=O) groups is 1. The molecule has 4 rings (SSSR count). The van der Waals surface area contributed by atoms with Crippen molar-refractivity contribution in [1.82, 2.24) is 9.78 Å². The molecule has 0 bridgehead atoms. The van der Waals surface area contributed by atoms with Gasteiger partial charge in [-0.05, 0) is 37.0 Å². The van der Waals surface area contributed by atoms with Crippen LogP contribution < -0.4 is 15.8 Å². The van der Waals surface area contributed by atoms with Crippen LogP contribution in [0.5, 0.6) is 0 Å². The summed E-state index contributed by atoms with van der Waals surface area (Å²) in [5.41, 5.74) is 3.57. The van der Waals surface area contributed by atoms with Crippen LogP contribution in [-0.2, 0) is 11.3 Å². The lowest BCUT2D eigenvalue weighted by Gasteiger charge is -2.33. The topological polar surface area (TPSA) is 67.2 Å². The Kier molecular flexibility index (Phi) is 5.93. The van der Waals surface area contributed by atoms with E-state index in [0.717, 1.165) is 41.9 Å². The lowest BCUT2D eigenvalue weighted by atomic mass is 9.96. The Bertz CT molecular complexity index is 1080. The predicted molar refractivity (Wildman–Crippen MR) is 119 cm³/mol. The summed E-state index contributed by atoms with van der Waals surface area (Å²) in [6, 6.07) is 19.2. The van der Waals surface area contributed by atoms with Gasteiger partial charge in [-0.15, -0.1) is 0 Å². The highest BCUT2D eigenvalue weighted by Gasteiger charge is 2.26. The summed E-state index contributed by atoms with van der Waals surface area (Å²) in [7, 11) is 0. The second-order valence-electron chi connectivity index (χ2n) is 7.78. The molecule has 2 heterocycles. The molecular weight excluding hydrogens is 376 g/mol. The number of aryl methyl sites for hydroxylation is 1. The fraction of sp³-hybridized carbons (Fsp3) is 0.292. The normalized spacial score (nSPS) is 16.3. The molecule has 1 aromatic heterocycles. The van der Waals surface area contributed by atoms with Crippen LogP contribution in [0.3, 0.4) is 0 Å². The molecule has 1 aliphatic rings. The highest BCUT2D eigenvalue weighted by molar-refractivity contribution is 5.93. The van der Waals surface area contributed by atoms with Gasteiger partial charge in [0.25, 0.3) is 5.56 Å². The van der Waals surface area contributed by atoms with Gasteiger partial charge in [0.2, 0.25) is 5.91 Å². The monoisotopic (exact) mass is 402 g/mol. The number of nitrogens with one attached hydrogen (secondary N) is 1. The maximum atomic E-state index is 12.8. The SMILES string of the molecule is Cc1ccccc1NC(=O)[C@@H]1CCCN(c2cnn(Cc3ccccc3)c(=O)c2)C1. The van der Waals surface area contributed by atoms with Crippen LogP contribution in [0.2, 0.25) is 0 Å². The number of benzene rings is 2. The van der Waals surface area contributed by atoms with Gasteiger partial charge in [-0.3, -0.25) is 9.59 Å². The zero-order valence-corrected chi connectivity index (χ0v) is 17.1. The first-order valence-corrected chi connectivity index (χ1v) is 10.3. The summed E-state index contributed by atoms with van der Waals surface area (Å²) in [4.78, 5) is 27.5. The van der Waals surface area contributed by atoms with Crippen molar-refractivity contribution in [3.8, 4) is 0 Å². The molecule has 30 heavy (non-hydrogen) atoms.